The van der Waals surface area contributed by atoms with Gasteiger partial charge < -0.3 is 16.2 Å². The van der Waals surface area contributed by atoms with Gasteiger partial charge in [0.1, 0.15) is 5.82 Å². The van der Waals surface area contributed by atoms with Gasteiger partial charge >= 0.3 is 12.0 Å². The molecule has 1 aromatic heterocycles. The van der Waals surface area contributed by atoms with Crippen LogP contribution in [-0.4, -0.2) is 38.9 Å². The molecule has 28 heavy (non-hydrogen) atoms. The minimum atomic E-state index is -1.22. The van der Waals surface area contributed by atoms with Crippen molar-refractivity contribution in [2.75, 3.05) is 5.73 Å². The Morgan fingerprint density at radius 2 is 1.86 bits per heavy atom. The first kappa shape index (κ1) is 20.9. The van der Waals surface area contributed by atoms with Crippen molar-refractivity contribution >= 4 is 23.7 Å². The summed E-state index contributed by atoms with van der Waals surface area (Å²) in [5, 5.41) is 12.0. The third-order valence-electron chi connectivity index (χ3n) is 4.27. The standard InChI is InChI=1S/C18H18N4O4.C2H6/c19-14-9-12(6-7-20-14)8-13-15(17(24)25)22(16(13)23)18(26)21-10-11-4-2-1-3-5-11;1-2/h1-7,9,13,15H,8,10H2,(H2,19,20)(H,21,26)(H,24,25);1-2H3/t13-,15?;/m1./s1. The number of nitrogen functional groups attached to an aromatic ring is 1. The molecule has 0 bridgehead atoms. The first-order valence-corrected chi connectivity index (χ1v) is 9.05. The first-order chi connectivity index (χ1) is 13.5. The van der Waals surface area contributed by atoms with Gasteiger partial charge in [-0.3, -0.25) is 4.79 Å². The van der Waals surface area contributed by atoms with Crippen LogP contribution >= 0.6 is 0 Å². The van der Waals surface area contributed by atoms with Crippen molar-refractivity contribution in [1.29, 1.82) is 0 Å². The largest absolute Gasteiger partial charge is 0.480 e. The number of nitrogens with one attached hydrogen (secondary N) is 1. The normalized spacial score (nSPS) is 17.8. The molecule has 0 aliphatic carbocycles. The Bertz CT molecular complexity index is 841. The van der Waals surface area contributed by atoms with Crippen molar-refractivity contribution in [3.8, 4) is 0 Å². The summed E-state index contributed by atoms with van der Waals surface area (Å²) in [5.41, 5.74) is 7.16. The number of carbonyl (C=O) groups excluding carboxylic acids is 2. The molecule has 0 saturated carbocycles. The van der Waals surface area contributed by atoms with E-state index in [1.165, 1.54) is 6.20 Å². The number of carboxylic acid groups (broad SMARTS) is 1. The van der Waals surface area contributed by atoms with Gasteiger partial charge in [-0.2, -0.15) is 0 Å². The third kappa shape index (κ3) is 4.64. The number of hydrogen-bond donors (Lipinski definition) is 3. The predicted octanol–water partition coefficient (Wildman–Crippen LogP) is 2.05. The molecule has 8 heteroatoms. The summed E-state index contributed by atoms with van der Waals surface area (Å²) in [6.45, 7) is 4.21. The molecule has 2 heterocycles. The summed E-state index contributed by atoms with van der Waals surface area (Å²) < 4.78 is 0. The van der Waals surface area contributed by atoms with Crippen LogP contribution in [0.15, 0.2) is 48.7 Å². The number of carbonyl (C=O) groups is 3. The number of aromatic nitrogens is 1. The molecule has 2 atom stereocenters. The molecular formula is C20H24N4O4. The zero-order chi connectivity index (χ0) is 20.7. The second kappa shape index (κ2) is 9.50. The fourth-order valence-electron chi connectivity index (χ4n) is 2.99. The van der Waals surface area contributed by atoms with Crippen molar-refractivity contribution in [2.45, 2.75) is 32.9 Å². The molecule has 3 amide bonds. The lowest BCUT2D eigenvalue weighted by Gasteiger charge is -2.42. The second-order valence-electron chi connectivity index (χ2n) is 6.04. The lowest BCUT2D eigenvalue weighted by Crippen LogP contribution is -2.68. The Morgan fingerprint density at radius 3 is 2.46 bits per heavy atom. The highest BCUT2D eigenvalue weighted by molar-refractivity contribution is 6.07. The summed E-state index contributed by atoms with van der Waals surface area (Å²) in [5.74, 6) is -2.25. The quantitative estimate of drug-likeness (QED) is 0.678. The number of pyridine rings is 1. The van der Waals surface area contributed by atoms with Crippen LogP contribution in [0.5, 0.6) is 0 Å². The Labute approximate surface area is 163 Å². The number of rotatable bonds is 5. The van der Waals surface area contributed by atoms with E-state index in [1.807, 2.05) is 44.2 Å². The maximum Gasteiger partial charge on any atom is 0.327 e. The van der Waals surface area contributed by atoms with Gasteiger partial charge in [0.05, 0.1) is 5.92 Å². The highest BCUT2D eigenvalue weighted by Gasteiger charge is 2.54. The van der Waals surface area contributed by atoms with Crippen molar-refractivity contribution < 1.29 is 19.5 Å². The van der Waals surface area contributed by atoms with Crippen LogP contribution in [0.25, 0.3) is 0 Å². The minimum Gasteiger partial charge on any atom is -0.480 e. The lowest BCUT2D eigenvalue weighted by molar-refractivity contribution is -0.165. The number of nitrogens with two attached hydrogens (primary N) is 1. The average molecular weight is 384 g/mol. The molecule has 4 N–H and O–H groups in total. The number of β-lactam (4-membered cyclic amide) rings is 1. The van der Waals surface area contributed by atoms with Crippen molar-refractivity contribution in [3.05, 3.63) is 59.8 Å². The van der Waals surface area contributed by atoms with Crippen LogP contribution in [0.2, 0.25) is 0 Å². The Balaban J connectivity index is 0.00000136. The van der Waals surface area contributed by atoms with Crippen LogP contribution < -0.4 is 11.1 Å². The summed E-state index contributed by atoms with van der Waals surface area (Å²) in [6, 6.07) is 10.5. The second-order valence-corrected chi connectivity index (χ2v) is 6.04. The van der Waals surface area contributed by atoms with Gasteiger partial charge in [0.25, 0.3) is 0 Å². The van der Waals surface area contributed by atoms with Gasteiger partial charge in [-0.25, -0.2) is 19.5 Å². The average Bonchev–Trinajstić information content (AvgIpc) is 2.70. The van der Waals surface area contributed by atoms with Gasteiger partial charge in [-0.15, -0.1) is 0 Å². The number of carboxylic acids is 1. The number of hydrogen-bond acceptors (Lipinski definition) is 5. The number of likely N-dealkylation sites (tertiary alicyclic amines) is 1. The summed E-state index contributed by atoms with van der Waals surface area (Å²) >= 11 is 0. The SMILES string of the molecule is CC.Nc1cc(C[C@H]2C(=O)N(C(=O)NCc3ccccc3)C2C(=O)O)ccn1. The summed E-state index contributed by atoms with van der Waals surface area (Å²) in [4.78, 5) is 40.8. The number of aliphatic carboxylic acids is 1. The predicted molar refractivity (Wildman–Crippen MR) is 104 cm³/mol. The maximum absolute atomic E-state index is 12.4. The van der Waals surface area contributed by atoms with Gasteiger partial charge in [0.2, 0.25) is 5.91 Å². The molecule has 1 aromatic carbocycles. The smallest absolute Gasteiger partial charge is 0.327 e. The molecule has 3 rings (SSSR count). The van der Waals surface area contributed by atoms with Gasteiger partial charge in [0.15, 0.2) is 6.04 Å². The molecule has 148 valence electrons. The number of nitrogens with zero attached hydrogens (tertiary/aromatic N) is 2. The van der Waals surface area contributed by atoms with E-state index in [2.05, 4.69) is 10.3 Å². The van der Waals surface area contributed by atoms with E-state index in [-0.39, 0.29) is 13.0 Å². The van der Waals surface area contributed by atoms with Crippen LogP contribution in [-0.2, 0) is 22.6 Å². The molecule has 0 radical (unpaired) electrons. The van der Waals surface area contributed by atoms with E-state index in [4.69, 9.17) is 5.73 Å². The van der Waals surface area contributed by atoms with Gasteiger partial charge in [-0.1, -0.05) is 44.2 Å². The fraction of sp³-hybridized carbons (Fsp3) is 0.300. The number of imide groups is 1. The molecule has 1 saturated heterocycles. The molecule has 8 nitrogen and oxygen atoms in total. The Morgan fingerprint density at radius 1 is 1.18 bits per heavy atom. The van der Waals surface area contributed by atoms with Crippen LogP contribution in [0, 0.1) is 5.92 Å². The molecule has 1 aliphatic rings. The summed E-state index contributed by atoms with van der Waals surface area (Å²) in [6.07, 6.45) is 1.68. The molecule has 1 unspecified atom stereocenters. The van der Waals surface area contributed by atoms with Crippen molar-refractivity contribution in [3.63, 3.8) is 0 Å². The van der Waals surface area contributed by atoms with E-state index in [9.17, 15) is 19.5 Å². The lowest BCUT2D eigenvalue weighted by atomic mass is 9.82. The van der Waals surface area contributed by atoms with E-state index in [0.29, 0.717) is 11.4 Å². The number of urea groups is 1. The highest BCUT2D eigenvalue weighted by atomic mass is 16.4. The monoisotopic (exact) mass is 384 g/mol. The number of anilines is 1. The van der Waals surface area contributed by atoms with Crippen LogP contribution in [0.1, 0.15) is 25.0 Å². The molecule has 2 aromatic rings. The fourth-order valence-corrected chi connectivity index (χ4v) is 2.99. The van der Waals surface area contributed by atoms with Crippen LogP contribution in [0.3, 0.4) is 0 Å². The van der Waals surface area contributed by atoms with E-state index >= 15 is 0 Å². The van der Waals surface area contributed by atoms with Gasteiger partial charge in [0, 0.05) is 12.7 Å². The van der Waals surface area contributed by atoms with Crippen molar-refractivity contribution in [1.82, 2.24) is 15.2 Å². The molecule has 1 fully saturated rings. The molecule has 0 spiro atoms. The van der Waals surface area contributed by atoms with Crippen LogP contribution in [0.4, 0.5) is 10.6 Å². The highest BCUT2D eigenvalue weighted by Crippen LogP contribution is 2.30. The summed E-state index contributed by atoms with van der Waals surface area (Å²) in [7, 11) is 0. The van der Waals surface area contributed by atoms with Gasteiger partial charge in [-0.05, 0) is 29.7 Å². The molecule has 1 aliphatic heterocycles. The number of benzene rings is 1. The van der Waals surface area contributed by atoms with E-state index in [1.54, 1.807) is 12.1 Å². The zero-order valence-corrected chi connectivity index (χ0v) is 15.8. The topological polar surface area (TPSA) is 126 Å². The maximum atomic E-state index is 12.4. The van der Waals surface area contributed by atoms with E-state index < -0.39 is 29.9 Å². The third-order valence-corrected chi connectivity index (χ3v) is 4.27. The Hall–Kier alpha value is -3.42. The zero-order valence-electron chi connectivity index (χ0n) is 15.8. The minimum absolute atomic E-state index is 0.186. The van der Waals surface area contributed by atoms with E-state index in [0.717, 1.165) is 10.5 Å². The van der Waals surface area contributed by atoms with Crippen molar-refractivity contribution in [2.24, 2.45) is 5.92 Å². The number of amides is 3. The first-order valence-electron chi connectivity index (χ1n) is 9.05. The molecular weight excluding hydrogens is 360 g/mol. The Kier molecular flexibility index (Phi) is 7.08.